The van der Waals surface area contributed by atoms with E-state index in [1.807, 2.05) is 48.5 Å². The van der Waals surface area contributed by atoms with Crippen molar-refractivity contribution < 1.29 is 18.9 Å². The fraction of sp³-hybridized carbons (Fsp3) is 0.269. The van der Waals surface area contributed by atoms with Gasteiger partial charge in [-0.05, 0) is 60.5 Å². The fourth-order valence-corrected chi connectivity index (χ4v) is 4.07. The molecule has 1 atom stereocenters. The first-order valence-electron chi connectivity index (χ1n) is 10.4. The minimum atomic E-state index is -0.446. The van der Waals surface area contributed by atoms with Gasteiger partial charge in [0.15, 0.2) is 23.0 Å². The molecule has 3 aromatic carbocycles. The summed E-state index contributed by atoms with van der Waals surface area (Å²) in [5.41, 5.74) is 4.41. The average molecular weight is 433 g/mol. The Morgan fingerprint density at radius 2 is 1.38 bits per heavy atom. The van der Waals surface area contributed by atoms with Crippen LogP contribution in [0.25, 0.3) is 0 Å². The normalized spacial score (nSPS) is 17.3. The van der Waals surface area contributed by atoms with Crippen LogP contribution in [0.15, 0.2) is 65.7 Å². The topological polar surface area (TPSA) is 61.3 Å². The van der Waals surface area contributed by atoms with Crippen molar-refractivity contribution in [1.29, 1.82) is 0 Å². The van der Waals surface area contributed by atoms with Crippen molar-refractivity contribution in [3.8, 4) is 23.0 Å². The molecule has 32 heavy (non-hydrogen) atoms. The lowest BCUT2D eigenvalue weighted by atomic mass is 9.84. The summed E-state index contributed by atoms with van der Waals surface area (Å²) in [5, 5.41) is 3.72. The summed E-state index contributed by atoms with van der Waals surface area (Å²) in [6.07, 6.45) is 0.645. The van der Waals surface area contributed by atoms with E-state index in [2.05, 4.69) is 24.4 Å². The van der Waals surface area contributed by atoms with Gasteiger partial charge in [-0.25, -0.2) is 0 Å². The Balaban J connectivity index is 1.85. The van der Waals surface area contributed by atoms with E-state index in [0.717, 1.165) is 28.2 Å². The van der Waals surface area contributed by atoms with Crippen molar-refractivity contribution in [2.24, 2.45) is 4.99 Å². The third-order valence-corrected chi connectivity index (χ3v) is 5.83. The van der Waals surface area contributed by atoms with Gasteiger partial charge in [0.1, 0.15) is 0 Å². The molecule has 3 aromatic rings. The second kappa shape index (κ2) is 8.83. The van der Waals surface area contributed by atoms with E-state index in [-0.39, 0.29) is 0 Å². The van der Waals surface area contributed by atoms with E-state index < -0.39 is 5.54 Å². The zero-order chi connectivity index (χ0) is 22.7. The number of para-hydroxylation sites is 2. The zero-order valence-electron chi connectivity index (χ0n) is 19.1. The number of benzene rings is 3. The second-order valence-electron chi connectivity index (χ2n) is 7.85. The maximum Gasteiger partial charge on any atom is 0.161 e. The summed E-state index contributed by atoms with van der Waals surface area (Å²) in [4.78, 5) is 5.04. The highest BCUT2D eigenvalue weighted by Gasteiger charge is 2.33. The molecule has 0 aromatic heterocycles. The molecule has 0 fully saturated rings. The van der Waals surface area contributed by atoms with Gasteiger partial charge in [-0.1, -0.05) is 18.2 Å². The van der Waals surface area contributed by atoms with Crippen molar-refractivity contribution >= 4 is 17.1 Å². The van der Waals surface area contributed by atoms with Gasteiger partial charge < -0.3 is 24.3 Å². The third-order valence-electron chi connectivity index (χ3n) is 5.83. The summed E-state index contributed by atoms with van der Waals surface area (Å²) < 4.78 is 22.0. The Morgan fingerprint density at radius 3 is 2.06 bits per heavy atom. The third kappa shape index (κ3) is 3.96. The molecule has 0 radical (unpaired) electrons. The minimum absolute atomic E-state index is 0.446. The molecule has 0 unspecified atom stereocenters. The summed E-state index contributed by atoms with van der Waals surface area (Å²) in [5.74, 6) is 2.75. The van der Waals surface area contributed by atoms with Gasteiger partial charge in [0.05, 0.1) is 51.1 Å². The smallest absolute Gasteiger partial charge is 0.161 e. The second-order valence-corrected chi connectivity index (χ2v) is 7.85. The number of fused-ring (bicyclic) bond motifs is 1. The maximum atomic E-state index is 5.57. The highest BCUT2D eigenvalue weighted by atomic mass is 16.5. The molecule has 1 N–H and O–H groups in total. The van der Waals surface area contributed by atoms with E-state index in [9.17, 15) is 0 Å². The van der Waals surface area contributed by atoms with Crippen LogP contribution in [-0.4, -0.2) is 34.2 Å². The summed E-state index contributed by atoms with van der Waals surface area (Å²) in [7, 11) is 6.56. The van der Waals surface area contributed by atoms with Crippen LogP contribution < -0.4 is 24.3 Å². The lowest BCUT2D eigenvalue weighted by molar-refractivity contribution is 0.353. The first-order valence-corrected chi connectivity index (χ1v) is 10.4. The van der Waals surface area contributed by atoms with E-state index in [0.29, 0.717) is 29.4 Å². The molecule has 1 aliphatic heterocycles. The average Bonchev–Trinajstić information content (AvgIpc) is 2.99. The lowest BCUT2D eigenvalue weighted by Crippen LogP contribution is -2.34. The van der Waals surface area contributed by atoms with Gasteiger partial charge >= 0.3 is 0 Å². The van der Waals surface area contributed by atoms with Crippen LogP contribution in [0.5, 0.6) is 23.0 Å². The van der Waals surface area contributed by atoms with Crippen molar-refractivity contribution in [2.75, 3.05) is 33.8 Å². The SMILES string of the molecule is COc1ccc(C2=Nc3ccccc3N[C@@](C)(c3ccc(OC)c(OC)c3)C2)cc1OC. The molecular formula is C26H28N2O4. The number of aliphatic imine (C=N–C) groups is 1. The van der Waals surface area contributed by atoms with Crippen LogP contribution in [0.3, 0.4) is 0 Å². The summed E-state index contributed by atoms with van der Waals surface area (Å²) in [6, 6.07) is 20.0. The fourth-order valence-electron chi connectivity index (χ4n) is 4.07. The van der Waals surface area contributed by atoms with Crippen LogP contribution >= 0.6 is 0 Å². The molecule has 1 aliphatic rings. The van der Waals surface area contributed by atoms with Crippen LogP contribution in [0.4, 0.5) is 11.4 Å². The number of nitrogens with one attached hydrogen (secondary N) is 1. The van der Waals surface area contributed by atoms with Gasteiger partial charge in [0.25, 0.3) is 0 Å². The number of ether oxygens (including phenoxy) is 4. The van der Waals surface area contributed by atoms with Crippen molar-refractivity contribution in [1.82, 2.24) is 0 Å². The number of nitrogens with zero attached hydrogens (tertiary/aromatic N) is 1. The van der Waals surface area contributed by atoms with Crippen molar-refractivity contribution in [3.05, 3.63) is 71.8 Å². The van der Waals surface area contributed by atoms with Crippen LogP contribution in [0.1, 0.15) is 24.5 Å². The van der Waals surface area contributed by atoms with Gasteiger partial charge in [-0.2, -0.15) is 0 Å². The molecule has 6 heteroatoms. The molecule has 166 valence electrons. The molecule has 0 saturated carbocycles. The predicted molar refractivity (Wildman–Crippen MR) is 127 cm³/mol. The van der Waals surface area contributed by atoms with Gasteiger partial charge in [-0.3, -0.25) is 4.99 Å². The summed E-state index contributed by atoms with van der Waals surface area (Å²) >= 11 is 0. The molecule has 0 bridgehead atoms. The van der Waals surface area contributed by atoms with Crippen LogP contribution in [0, 0.1) is 0 Å². The highest BCUT2D eigenvalue weighted by molar-refractivity contribution is 6.05. The zero-order valence-corrected chi connectivity index (χ0v) is 19.1. The molecule has 1 heterocycles. The number of rotatable bonds is 6. The Kier molecular flexibility index (Phi) is 5.95. The molecule has 6 nitrogen and oxygen atoms in total. The van der Waals surface area contributed by atoms with Gasteiger partial charge in [0, 0.05) is 6.42 Å². The standard InChI is InChI=1S/C26H28N2O4/c1-26(18-11-13-23(30-3)25(15-18)32-5)16-21(27-19-8-6-7-9-20(19)28-26)17-10-12-22(29-2)24(14-17)31-4/h6-15,28H,16H2,1-5H3/t26-/m1/s1. The largest absolute Gasteiger partial charge is 0.493 e. The lowest BCUT2D eigenvalue weighted by Gasteiger charge is -2.32. The van der Waals surface area contributed by atoms with Crippen molar-refractivity contribution in [2.45, 2.75) is 18.9 Å². The van der Waals surface area contributed by atoms with E-state index in [4.69, 9.17) is 23.9 Å². The highest BCUT2D eigenvalue weighted by Crippen LogP contribution is 2.42. The quantitative estimate of drug-likeness (QED) is 0.552. The molecule has 0 aliphatic carbocycles. The Morgan fingerprint density at radius 1 is 0.750 bits per heavy atom. The number of anilines is 1. The van der Waals surface area contributed by atoms with Crippen LogP contribution in [0.2, 0.25) is 0 Å². The van der Waals surface area contributed by atoms with E-state index >= 15 is 0 Å². The Bertz CT molecular complexity index is 1160. The molecule has 0 spiro atoms. The first-order chi connectivity index (χ1) is 15.5. The first kappa shape index (κ1) is 21.6. The molecule has 0 saturated heterocycles. The number of methoxy groups -OCH3 is 4. The monoisotopic (exact) mass is 432 g/mol. The number of hydrogen-bond donors (Lipinski definition) is 1. The molecule has 0 amide bonds. The maximum absolute atomic E-state index is 5.57. The van der Waals surface area contributed by atoms with Crippen molar-refractivity contribution in [3.63, 3.8) is 0 Å². The molecule has 4 rings (SSSR count). The summed E-state index contributed by atoms with van der Waals surface area (Å²) in [6.45, 7) is 2.17. The Hall–Kier alpha value is -3.67. The molecular weight excluding hydrogens is 404 g/mol. The van der Waals surface area contributed by atoms with Gasteiger partial charge in [-0.15, -0.1) is 0 Å². The van der Waals surface area contributed by atoms with Crippen LogP contribution in [-0.2, 0) is 5.54 Å². The minimum Gasteiger partial charge on any atom is -0.493 e. The van der Waals surface area contributed by atoms with E-state index in [1.165, 1.54) is 0 Å². The Labute approximate surface area is 188 Å². The number of hydrogen-bond acceptors (Lipinski definition) is 6. The van der Waals surface area contributed by atoms with E-state index in [1.54, 1.807) is 28.4 Å². The predicted octanol–water partition coefficient (Wildman–Crippen LogP) is 5.57. The van der Waals surface area contributed by atoms with Gasteiger partial charge in [0.2, 0.25) is 0 Å².